The van der Waals surface area contributed by atoms with E-state index in [-0.39, 0.29) is 54.2 Å². The van der Waals surface area contributed by atoms with E-state index in [4.69, 9.17) is 19.7 Å². The number of anilines is 1. The fraction of sp³-hybridized carbons (Fsp3) is 0.158. The first-order valence-electron chi connectivity index (χ1n) is 17.7. The molecule has 0 unspecified atom stereocenters. The van der Waals surface area contributed by atoms with E-state index in [2.05, 4.69) is 65.3 Å². The van der Waals surface area contributed by atoms with Gasteiger partial charge in [-0.3, -0.25) is 54.7 Å². The summed E-state index contributed by atoms with van der Waals surface area (Å²) in [5, 5.41) is 53.6. The van der Waals surface area contributed by atoms with E-state index in [0.29, 0.717) is 34.7 Å². The van der Waals surface area contributed by atoms with Gasteiger partial charge in [0.05, 0.1) is 26.9 Å². The third kappa shape index (κ3) is 25.4. The number of carbonyl (C=O) groups is 4. The van der Waals surface area contributed by atoms with Crippen molar-refractivity contribution in [3.05, 3.63) is 150 Å². The summed E-state index contributed by atoms with van der Waals surface area (Å²) in [5.74, 6) is 4.59. The van der Waals surface area contributed by atoms with Gasteiger partial charge in [0.25, 0.3) is 17.1 Å². The van der Waals surface area contributed by atoms with Crippen molar-refractivity contribution in [2.45, 2.75) is 35.1 Å². The maximum atomic E-state index is 11.4. The van der Waals surface area contributed by atoms with Crippen LogP contribution in [0.2, 0.25) is 0 Å². The quantitative estimate of drug-likeness (QED) is 0.0173. The molecule has 0 aliphatic carbocycles. The Hall–Kier alpha value is -7.70. The summed E-state index contributed by atoms with van der Waals surface area (Å²) >= 11 is 13.8. The van der Waals surface area contributed by atoms with E-state index >= 15 is 0 Å². The van der Waals surface area contributed by atoms with Gasteiger partial charge < -0.3 is 25.0 Å². The van der Waals surface area contributed by atoms with Gasteiger partial charge in [-0.05, 0) is 94.4 Å². The Bertz CT molecular complexity index is 2570. The minimum absolute atomic E-state index is 0. The van der Waals surface area contributed by atoms with Crippen molar-refractivity contribution >= 4 is 85.2 Å². The van der Waals surface area contributed by atoms with Gasteiger partial charge in [-0.25, -0.2) is 10.6 Å². The van der Waals surface area contributed by atoms with E-state index in [1.165, 1.54) is 62.4 Å². The molecule has 0 aliphatic rings. The monoisotopic (exact) mass is 1010 g/mol. The standard InChI is InChI=1S/C10H10N2O4.C9H7N3O3.C9H9N3O.C7H5NO4.C2H6N2O.CH4.Cl3OP/c1-7(13)11-6-10(14)8-2-4-9(5-3-8)12(15)16;1-6-10-11-9(15-6)7-2-4-8(5-3-7)12(13)14;1-6-11-12-9(13-6)7-2-4-8(10)5-3-7;9-7(10)5-1-3-6(4-2-5)8(11)12;1-2(5)4-3;;1-5(2,3)4/h2-5H,6H2,1H3,(H,11,13);2-5H,1H3;2-5H,10H2,1H3;1-4H,(H,9,10);3H2,1H3,(H,4,5);1H4;. The largest absolute Gasteiger partial charge is 0.478 e. The molecule has 2 aromatic heterocycles. The number of halogens is 3. The van der Waals surface area contributed by atoms with Gasteiger partial charge in [0, 0.05) is 86.5 Å². The number of carbonyl (C=O) groups excluding carboxylic acids is 3. The number of ketones is 1. The average molecular weight is 1010 g/mol. The molecule has 6 rings (SSSR count). The summed E-state index contributed by atoms with van der Waals surface area (Å²) in [6.07, 6.45) is 0. The molecule has 4 aromatic carbocycles. The van der Waals surface area contributed by atoms with Crippen LogP contribution in [0.3, 0.4) is 0 Å². The van der Waals surface area contributed by atoms with Gasteiger partial charge in [-0.2, -0.15) is 0 Å². The number of carboxylic acids is 1. The minimum Gasteiger partial charge on any atom is -0.478 e. The number of nitrogens with one attached hydrogen (secondary N) is 2. The summed E-state index contributed by atoms with van der Waals surface area (Å²) in [6, 6.07) is 23.2. The van der Waals surface area contributed by atoms with Gasteiger partial charge in [-0.1, -0.05) is 7.43 Å². The molecule has 0 radical (unpaired) electrons. The van der Waals surface area contributed by atoms with Crippen LogP contribution < -0.4 is 22.3 Å². The molecule has 29 heteroatoms. The van der Waals surface area contributed by atoms with Crippen LogP contribution in [0.4, 0.5) is 22.7 Å². The lowest BCUT2D eigenvalue weighted by Crippen LogP contribution is -2.27. The topological polar surface area (TPSA) is 389 Å². The van der Waals surface area contributed by atoms with Gasteiger partial charge in [0.2, 0.25) is 35.4 Å². The first-order chi connectivity index (χ1) is 30.8. The molecular weight excluding hydrogens is 972 g/mol. The molecule has 0 saturated heterocycles. The Balaban J connectivity index is 0.000000810. The number of nitrogens with two attached hydrogens (primary N) is 2. The molecule has 6 aromatic rings. The summed E-state index contributed by atoms with van der Waals surface area (Å²) in [5.41, 5.74) is 9.93. The summed E-state index contributed by atoms with van der Waals surface area (Å²) in [4.78, 5) is 71.2. The van der Waals surface area contributed by atoms with Crippen LogP contribution in [0.5, 0.6) is 0 Å². The zero-order valence-electron chi connectivity index (χ0n) is 34.6. The molecule has 2 heterocycles. The molecular formula is C38H41Cl3N11O14P. The number of Topliss-reactive ketones (excluding diaryl/α,β-unsaturated/α-hetero) is 1. The number of hydrazine groups is 1. The van der Waals surface area contributed by atoms with Crippen LogP contribution in [0.1, 0.15) is 53.8 Å². The Morgan fingerprint density at radius 2 is 0.955 bits per heavy atom. The van der Waals surface area contributed by atoms with Gasteiger partial charge in [-0.15, -0.1) is 20.4 Å². The Morgan fingerprint density at radius 1 is 0.642 bits per heavy atom. The second-order valence-corrected chi connectivity index (χ2v) is 18.7. The van der Waals surface area contributed by atoms with Crippen LogP contribution in [-0.4, -0.2) is 70.4 Å². The molecule has 0 bridgehead atoms. The number of carboxylic acid groups (broad SMARTS) is 1. The summed E-state index contributed by atoms with van der Waals surface area (Å²) in [7, 11) is 0. The summed E-state index contributed by atoms with van der Waals surface area (Å²) < 4.78 is 19.9. The molecule has 0 spiro atoms. The molecule has 0 fully saturated rings. The van der Waals surface area contributed by atoms with Crippen molar-refractivity contribution in [2.24, 2.45) is 5.84 Å². The van der Waals surface area contributed by atoms with Gasteiger partial charge >= 0.3 is 11.2 Å². The molecule has 0 atom stereocenters. The van der Waals surface area contributed by atoms with Gasteiger partial charge in [0.15, 0.2) is 5.78 Å². The number of aromatic nitrogens is 4. The van der Waals surface area contributed by atoms with Crippen LogP contribution >= 0.6 is 38.9 Å². The Kier molecular flexibility index (Phi) is 26.3. The molecule has 0 aliphatic heterocycles. The lowest BCUT2D eigenvalue weighted by Gasteiger charge is -2.01. The Morgan fingerprint density at radius 3 is 1.22 bits per heavy atom. The smallest absolute Gasteiger partial charge is 0.339 e. The van der Waals surface area contributed by atoms with E-state index in [1.54, 1.807) is 38.1 Å². The fourth-order valence-corrected chi connectivity index (χ4v) is 3.98. The zero-order chi connectivity index (χ0) is 50.1. The SMILES string of the molecule is C.CC(=O)NCC(=O)c1ccc([N+](=O)[O-])cc1.CC(=O)NN.Cc1nnc(-c2ccc(N)cc2)o1.Cc1nnc(-c2ccc([N+](=O)[O-])cc2)o1.O=C(O)c1ccc([N+](=O)[O-])cc1.O=P(Cl)(Cl)Cl. The number of aryl methyl sites for hydroxylation is 2. The molecule has 0 saturated carbocycles. The van der Waals surface area contributed by atoms with Crippen LogP contribution in [0, 0.1) is 44.2 Å². The van der Waals surface area contributed by atoms with E-state index in [9.17, 15) is 54.1 Å². The highest BCUT2D eigenvalue weighted by molar-refractivity contribution is 8.24. The maximum Gasteiger partial charge on any atom is 0.339 e. The second-order valence-electron chi connectivity index (χ2n) is 12.0. The number of nitro benzene ring substituents is 3. The van der Waals surface area contributed by atoms with Crippen LogP contribution in [0.15, 0.2) is 106 Å². The lowest BCUT2D eigenvalue weighted by molar-refractivity contribution is -0.385. The van der Waals surface area contributed by atoms with E-state index in [0.717, 1.165) is 23.4 Å². The Labute approximate surface area is 394 Å². The minimum atomic E-state index is -3.22. The van der Waals surface area contributed by atoms with Crippen molar-refractivity contribution in [3.8, 4) is 22.9 Å². The van der Waals surface area contributed by atoms with Crippen molar-refractivity contribution < 1.29 is 52.5 Å². The van der Waals surface area contributed by atoms with Crippen molar-refractivity contribution in [1.29, 1.82) is 0 Å². The number of benzene rings is 4. The highest BCUT2D eigenvalue weighted by Gasteiger charge is 2.11. The van der Waals surface area contributed by atoms with E-state index < -0.39 is 25.9 Å². The first-order valence-corrected chi connectivity index (χ1v) is 22.1. The third-order valence-corrected chi connectivity index (χ3v) is 6.96. The number of nitrogens with zero attached hydrogens (tertiary/aromatic N) is 7. The molecule has 25 nitrogen and oxygen atoms in total. The van der Waals surface area contributed by atoms with Crippen molar-refractivity contribution in [2.75, 3.05) is 12.3 Å². The van der Waals surface area contributed by atoms with Gasteiger partial charge in [0.1, 0.15) is 0 Å². The molecule has 358 valence electrons. The van der Waals surface area contributed by atoms with Crippen LogP contribution in [-0.2, 0) is 14.2 Å². The van der Waals surface area contributed by atoms with Crippen LogP contribution in [0.25, 0.3) is 22.9 Å². The molecule has 7 N–H and O–H groups in total. The molecule has 67 heavy (non-hydrogen) atoms. The summed E-state index contributed by atoms with van der Waals surface area (Å²) in [6.45, 7) is 5.99. The third-order valence-electron chi connectivity index (χ3n) is 6.96. The maximum absolute atomic E-state index is 11.4. The highest BCUT2D eigenvalue weighted by atomic mass is 36.0. The number of nitrogen functional groups attached to an aromatic ring is 1. The number of nitro groups is 3. The number of amides is 2. The van der Waals surface area contributed by atoms with Crippen molar-refractivity contribution in [3.63, 3.8) is 0 Å². The van der Waals surface area contributed by atoms with Crippen molar-refractivity contribution in [1.82, 2.24) is 31.1 Å². The molecule has 2 amide bonds. The zero-order valence-corrected chi connectivity index (χ0v) is 37.7. The lowest BCUT2D eigenvalue weighted by atomic mass is 10.1. The normalized spacial score (nSPS) is 9.61. The number of hydrogen-bond donors (Lipinski definition) is 5. The first kappa shape index (κ1) is 59.3. The average Bonchev–Trinajstić information content (AvgIpc) is 3.91. The number of non-ortho nitro benzene ring substituents is 3. The number of aromatic carboxylic acids is 1. The van der Waals surface area contributed by atoms with E-state index in [1.807, 2.05) is 17.6 Å². The second kappa shape index (κ2) is 29.7. The predicted octanol–water partition coefficient (Wildman–Crippen LogP) is 8.23. The number of rotatable bonds is 9. The highest BCUT2D eigenvalue weighted by Crippen LogP contribution is 2.61. The predicted molar refractivity (Wildman–Crippen MR) is 246 cm³/mol. The fourth-order valence-electron chi connectivity index (χ4n) is 3.98. The number of hydrogen-bond acceptors (Lipinski definition) is 19.